The van der Waals surface area contributed by atoms with E-state index in [0.29, 0.717) is 30.2 Å². The van der Waals surface area contributed by atoms with E-state index in [1.54, 1.807) is 27.7 Å². The Balaban J connectivity index is 1.28. The number of hydrogen-bond donors (Lipinski definition) is 0. The van der Waals surface area contributed by atoms with Gasteiger partial charge in [-0.05, 0) is 31.7 Å². The third-order valence-corrected chi connectivity index (χ3v) is 5.36. The lowest BCUT2D eigenvalue weighted by Gasteiger charge is -2.39. The molecule has 7 heteroatoms. The molecule has 3 heterocycles. The Morgan fingerprint density at radius 2 is 1.88 bits per heavy atom. The minimum atomic E-state index is -0.0447. The van der Waals surface area contributed by atoms with Crippen molar-refractivity contribution >= 4 is 5.82 Å². The van der Waals surface area contributed by atoms with Gasteiger partial charge in [-0.15, -0.1) is 0 Å². The van der Waals surface area contributed by atoms with E-state index < -0.39 is 0 Å². The topological polar surface area (TPSA) is 73.0 Å². The van der Waals surface area contributed by atoms with Gasteiger partial charge in [-0.1, -0.05) is 0 Å². The summed E-state index contributed by atoms with van der Waals surface area (Å²) in [5.74, 6) is 1.41. The predicted molar refractivity (Wildman–Crippen MR) is 92.9 cm³/mol. The lowest BCUT2D eigenvalue weighted by molar-refractivity contribution is 0.330. The number of anilines is 1. The van der Waals surface area contributed by atoms with Crippen molar-refractivity contribution in [2.24, 2.45) is 5.92 Å². The van der Waals surface area contributed by atoms with Crippen LogP contribution in [0.3, 0.4) is 0 Å². The van der Waals surface area contributed by atoms with Crippen LogP contribution in [-0.2, 0) is 6.54 Å². The third-order valence-electron chi connectivity index (χ3n) is 5.36. The fourth-order valence-corrected chi connectivity index (χ4v) is 3.57. The molecule has 0 amide bonds. The molecule has 0 aromatic carbocycles. The van der Waals surface area contributed by atoms with Crippen LogP contribution in [0.1, 0.15) is 43.3 Å². The van der Waals surface area contributed by atoms with Crippen molar-refractivity contribution in [1.82, 2.24) is 19.3 Å². The zero-order valence-corrected chi connectivity index (χ0v) is 14.0. The van der Waals surface area contributed by atoms with Crippen LogP contribution in [0.15, 0.2) is 34.1 Å². The molecule has 3 fully saturated rings. The summed E-state index contributed by atoms with van der Waals surface area (Å²) in [5, 5.41) is 4.52. The van der Waals surface area contributed by atoms with E-state index in [0.717, 1.165) is 31.6 Å². The Hall–Kier alpha value is -2.44. The second kappa shape index (κ2) is 5.54. The van der Waals surface area contributed by atoms with Crippen LogP contribution in [0.2, 0.25) is 0 Å². The molecule has 0 spiro atoms. The Labute approximate surface area is 144 Å². The summed E-state index contributed by atoms with van der Waals surface area (Å²) in [6.45, 7) is 2.11. The Morgan fingerprint density at radius 1 is 1.08 bits per heavy atom. The minimum Gasteiger partial charge on any atom is -0.351 e. The number of aromatic nitrogens is 4. The Bertz CT molecular complexity index is 920. The van der Waals surface area contributed by atoms with Gasteiger partial charge in [-0.2, -0.15) is 5.10 Å². The maximum absolute atomic E-state index is 12.5. The van der Waals surface area contributed by atoms with E-state index in [-0.39, 0.29) is 11.1 Å². The van der Waals surface area contributed by atoms with Crippen molar-refractivity contribution in [2.75, 3.05) is 18.0 Å². The van der Waals surface area contributed by atoms with Crippen molar-refractivity contribution in [3.8, 4) is 0 Å². The third kappa shape index (κ3) is 2.77. The summed E-state index contributed by atoms with van der Waals surface area (Å²) < 4.78 is 3.40. The van der Waals surface area contributed by atoms with E-state index in [4.69, 9.17) is 0 Å². The number of nitrogens with zero attached hydrogens (tertiary/aromatic N) is 5. The lowest BCUT2D eigenvalue weighted by Crippen LogP contribution is -2.52. The van der Waals surface area contributed by atoms with Crippen LogP contribution < -0.4 is 16.0 Å². The van der Waals surface area contributed by atoms with Gasteiger partial charge in [0.05, 0.1) is 12.2 Å². The van der Waals surface area contributed by atoms with Crippen LogP contribution in [-0.4, -0.2) is 32.4 Å². The quantitative estimate of drug-likeness (QED) is 0.817. The van der Waals surface area contributed by atoms with Crippen LogP contribution in [0.5, 0.6) is 0 Å². The molecule has 1 aliphatic heterocycles. The van der Waals surface area contributed by atoms with Gasteiger partial charge in [-0.25, -0.2) is 9.67 Å². The Morgan fingerprint density at radius 3 is 2.60 bits per heavy atom. The number of hydrogen-bond acceptors (Lipinski definition) is 5. The van der Waals surface area contributed by atoms with E-state index in [1.807, 2.05) is 11.0 Å². The van der Waals surface area contributed by atoms with Crippen molar-refractivity contribution < 1.29 is 0 Å². The molecule has 2 saturated carbocycles. The lowest BCUT2D eigenvalue weighted by atomic mass is 10.0. The molecule has 0 N–H and O–H groups in total. The zero-order valence-electron chi connectivity index (χ0n) is 14.0. The van der Waals surface area contributed by atoms with Gasteiger partial charge in [0.25, 0.3) is 11.1 Å². The van der Waals surface area contributed by atoms with Gasteiger partial charge in [0, 0.05) is 49.4 Å². The number of rotatable bonds is 5. The summed E-state index contributed by atoms with van der Waals surface area (Å²) in [6.07, 6.45) is 8.02. The van der Waals surface area contributed by atoms with E-state index in [2.05, 4.69) is 10.1 Å². The summed E-state index contributed by atoms with van der Waals surface area (Å²) in [4.78, 5) is 30.9. The first-order chi connectivity index (χ1) is 12.2. The monoisotopic (exact) mass is 339 g/mol. The molecule has 5 rings (SSSR count). The van der Waals surface area contributed by atoms with Crippen LogP contribution in [0.25, 0.3) is 0 Å². The molecule has 2 aromatic heterocycles. The van der Waals surface area contributed by atoms with Crippen molar-refractivity contribution in [3.05, 3.63) is 50.9 Å². The molecular weight excluding hydrogens is 318 g/mol. The second-order valence-corrected chi connectivity index (χ2v) is 7.52. The fourth-order valence-electron chi connectivity index (χ4n) is 3.57. The van der Waals surface area contributed by atoms with Crippen LogP contribution >= 0.6 is 0 Å². The van der Waals surface area contributed by atoms with Crippen LogP contribution in [0, 0.1) is 5.92 Å². The molecule has 130 valence electrons. The SMILES string of the molecule is O=c1c(N2CC(Cn3nc(C4CC4)ccc3=O)C2)nccn1C1CC1. The normalized spacial score (nSPS) is 20.6. The largest absolute Gasteiger partial charge is 0.351 e. The van der Waals surface area contributed by atoms with Gasteiger partial charge in [-0.3, -0.25) is 9.59 Å². The molecule has 1 saturated heterocycles. The molecule has 2 aliphatic carbocycles. The molecule has 0 radical (unpaired) electrons. The minimum absolute atomic E-state index is 0.00877. The van der Waals surface area contributed by atoms with Crippen LogP contribution in [0.4, 0.5) is 5.82 Å². The summed E-state index contributed by atoms with van der Waals surface area (Å²) in [7, 11) is 0. The summed E-state index contributed by atoms with van der Waals surface area (Å²) in [6, 6.07) is 3.85. The summed E-state index contributed by atoms with van der Waals surface area (Å²) in [5.41, 5.74) is 0.999. The average molecular weight is 339 g/mol. The molecule has 7 nitrogen and oxygen atoms in total. The van der Waals surface area contributed by atoms with E-state index in [9.17, 15) is 9.59 Å². The molecular formula is C18H21N5O2. The van der Waals surface area contributed by atoms with E-state index in [1.165, 1.54) is 12.8 Å². The molecule has 0 bridgehead atoms. The highest BCUT2D eigenvalue weighted by molar-refractivity contribution is 5.39. The maximum atomic E-state index is 12.5. The fraction of sp³-hybridized carbons (Fsp3) is 0.556. The highest BCUT2D eigenvalue weighted by atomic mass is 16.1. The second-order valence-electron chi connectivity index (χ2n) is 7.52. The van der Waals surface area contributed by atoms with Gasteiger partial charge in [0.15, 0.2) is 5.82 Å². The van der Waals surface area contributed by atoms with E-state index >= 15 is 0 Å². The van der Waals surface area contributed by atoms with Gasteiger partial charge < -0.3 is 9.47 Å². The first kappa shape index (κ1) is 14.9. The average Bonchev–Trinajstić information content (AvgIpc) is 3.46. The van der Waals surface area contributed by atoms with Gasteiger partial charge in [0.1, 0.15) is 0 Å². The molecule has 25 heavy (non-hydrogen) atoms. The standard InChI is InChI=1S/C18H21N5O2/c24-16-6-5-15(13-1-2-13)20-23(16)11-12-9-21(10-12)17-18(25)22(8-7-19-17)14-3-4-14/h5-8,12-14H,1-4,9-11H2. The summed E-state index contributed by atoms with van der Waals surface area (Å²) >= 11 is 0. The maximum Gasteiger partial charge on any atom is 0.293 e. The van der Waals surface area contributed by atoms with Crippen molar-refractivity contribution in [3.63, 3.8) is 0 Å². The highest BCUT2D eigenvalue weighted by Gasteiger charge is 2.33. The highest BCUT2D eigenvalue weighted by Crippen LogP contribution is 2.38. The molecule has 2 aromatic rings. The molecule has 3 aliphatic rings. The Kier molecular flexibility index (Phi) is 3.29. The van der Waals surface area contributed by atoms with Gasteiger partial charge >= 0.3 is 0 Å². The predicted octanol–water partition coefficient (Wildman–Crippen LogP) is 1.15. The smallest absolute Gasteiger partial charge is 0.293 e. The molecule has 0 atom stereocenters. The van der Waals surface area contributed by atoms with Gasteiger partial charge in [0.2, 0.25) is 0 Å². The first-order valence-corrected chi connectivity index (χ1v) is 9.09. The zero-order chi connectivity index (χ0) is 17.0. The van der Waals surface area contributed by atoms with Crippen molar-refractivity contribution in [1.29, 1.82) is 0 Å². The molecule has 0 unspecified atom stereocenters. The van der Waals surface area contributed by atoms with Crippen molar-refractivity contribution in [2.45, 2.75) is 44.2 Å². The first-order valence-electron chi connectivity index (χ1n) is 9.09.